The molecule has 0 radical (unpaired) electrons. The predicted molar refractivity (Wildman–Crippen MR) is 83.3 cm³/mol. The summed E-state index contributed by atoms with van der Waals surface area (Å²) >= 11 is 0. The second-order valence-corrected chi connectivity index (χ2v) is 5.15. The van der Waals surface area contributed by atoms with Crippen LogP contribution in [-0.2, 0) is 6.54 Å². The van der Waals surface area contributed by atoms with E-state index in [1.54, 1.807) is 7.11 Å². The molecule has 4 rings (SSSR count). The Morgan fingerprint density at radius 2 is 2.05 bits per heavy atom. The van der Waals surface area contributed by atoms with Gasteiger partial charge in [-0.05, 0) is 30.7 Å². The van der Waals surface area contributed by atoms with Crippen molar-refractivity contribution in [2.75, 3.05) is 26.7 Å². The molecular weight excluding hydrogens is 274 g/mol. The van der Waals surface area contributed by atoms with Gasteiger partial charge in [-0.3, -0.25) is 4.99 Å². The largest absolute Gasteiger partial charge is 0.497 e. The highest BCUT2D eigenvalue weighted by Gasteiger charge is 2.25. The van der Waals surface area contributed by atoms with Crippen LogP contribution < -0.4 is 4.74 Å². The van der Waals surface area contributed by atoms with E-state index in [4.69, 9.17) is 9.73 Å². The zero-order chi connectivity index (χ0) is 12.8. The first-order valence-electron chi connectivity index (χ1n) is 6.84. The molecule has 0 saturated heterocycles. The van der Waals surface area contributed by atoms with E-state index in [9.17, 15) is 0 Å². The topological polar surface area (TPSA) is 29.8 Å². The van der Waals surface area contributed by atoms with E-state index < -0.39 is 0 Å². The number of aromatic nitrogens is 1. The SMILES string of the molecule is COc1ccc2c(c1)cc1n2CCN2CCCN=C12.Cl. The van der Waals surface area contributed by atoms with E-state index in [0.29, 0.717) is 0 Å². The summed E-state index contributed by atoms with van der Waals surface area (Å²) in [6, 6.07) is 8.53. The van der Waals surface area contributed by atoms with Crippen LogP contribution in [0.15, 0.2) is 29.3 Å². The minimum Gasteiger partial charge on any atom is -0.497 e. The third-order valence-electron chi connectivity index (χ3n) is 4.08. The lowest BCUT2D eigenvalue weighted by atomic mass is 10.2. The van der Waals surface area contributed by atoms with Crippen molar-refractivity contribution in [3.05, 3.63) is 30.0 Å². The van der Waals surface area contributed by atoms with E-state index >= 15 is 0 Å². The van der Waals surface area contributed by atoms with Crippen LogP contribution in [0.4, 0.5) is 0 Å². The van der Waals surface area contributed by atoms with Gasteiger partial charge in [-0.15, -0.1) is 12.4 Å². The lowest BCUT2D eigenvalue weighted by Crippen LogP contribution is -2.43. The number of benzene rings is 1. The van der Waals surface area contributed by atoms with Crippen LogP contribution >= 0.6 is 12.4 Å². The van der Waals surface area contributed by atoms with Gasteiger partial charge in [0.1, 0.15) is 11.6 Å². The number of fused-ring (bicyclic) bond motifs is 5. The van der Waals surface area contributed by atoms with E-state index in [1.807, 2.05) is 6.07 Å². The van der Waals surface area contributed by atoms with Gasteiger partial charge in [0, 0.05) is 37.1 Å². The molecule has 0 atom stereocenters. The number of aliphatic imine (C=N–C) groups is 1. The maximum absolute atomic E-state index is 5.31. The molecule has 20 heavy (non-hydrogen) atoms. The highest BCUT2D eigenvalue weighted by atomic mass is 35.5. The Hall–Kier alpha value is -1.68. The Morgan fingerprint density at radius 1 is 1.15 bits per heavy atom. The lowest BCUT2D eigenvalue weighted by molar-refractivity contribution is 0.357. The van der Waals surface area contributed by atoms with Gasteiger partial charge in [0.2, 0.25) is 0 Å². The summed E-state index contributed by atoms with van der Waals surface area (Å²) in [5.74, 6) is 2.09. The molecule has 2 aromatic rings. The summed E-state index contributed by atoms with van der Waals surface area (Å²) in [6.07, 6.45) is 1.18. The summed E-state index contributed by atoms with van der Waals surface area (Å²) in [4.78, 5) is 7.13. The van der Waals surface area contributed by atoms with Gasteiger partial charge >= 0.3 is 0 Å². The Balaban J connectivity index is 0.00000121. The first-order chi connectivity index (χ1) is 9.36. The van der Waals surface area contributed by atoms with Crippen molar-refractivity contribution in [3.8, 4) is 5.75 Å². The molecule has 1 aromatic heterocycles. The highest BCUT2D eigenvalue weighted by Crippen LogP contribution is 2.28. The molecule has 5 heteroatoms. The normalized spacial score (nSPS) is 17.1. The predicted octanol–water partition coefficient (Wildman–Crippen LogP) is 2.54. The van der Waals surface area contributed by atoms with Gasteiger partial charge in [-0.25, -0.2) is 0 Å². The van der Waals surface area contributed by atoms with Crippen molar-refractivity contribution < 1.29 is 4.74 Å². The van der Waals surface area contributed by atoms with Gasteiger partial charge in [-0.1, -0.05) is 0 Å². The van der Waals surface area contributed by atoms with Gasteiger partial charge in [0.25, 0.3) is 0 Å². The quantitative estimate of drug-likeness (QED) is 0.808. The molecule has 3 heterocycles. The van der Waals surface area contributed by atoms with E-state index in [-0.39, 0.29) is 12.4 Å². The average molecular weight is 292 g/mol. The summed E-state index contributed by atoms with van der Waals surface area (Å²) in [5.41, 5.74) is 2.54. The van der Waals surface area contributed by atoms with Gasteiger partial charge in [-0.2, -0.15) is 0 Å². The Bertz CT molecular complexity index is 677. The Labute approximate surface area is 124 Å². The first kappa shape index (κ1) is 13.3. The number of methoxy groups -OCH3 is 1. The standard InChI is InChI=1S/C15H17N3O.ClH/c1-19-12-3-4-13-11(9-12)10-14-15-16-5-2-6-17(15)7-8-18(13)14;/h3-4,9-10H,2,5-8H2,1H3;1H. The fraction of sp³-hybridized carbons (Fsp3) is 0.400. The minimum atomic E-state index is 0. The maximum atomic E-state index is 5.31. The van der Waals surface area contributed by atoms with Gasteiger partial charge in [0.15, 0.2) is 0 Å². The van der Waals surface area contributed by atoms with Crippen LogP contribution in [0.25, 0.3) is 10.9 Å². The van der Waals surface area contributed by atoms with Crippen molar-refractivity contribution >= 4 is 29.1 Å². The summed E-state index contributed by atoms with van der Waals surface area (Å²) < 4.78 is 7.70. The van der Waals surface area contributed by atoms with Crippen LogP contribution in [0, 0.1) is 0 Å². The van der Waals surface area contributed by atoms with Crippen LogP contribution in [0.5, 0.6) is 5.75 Å². The van der Waals surface area contributed by atoms with Crippen molar-refractivity contribution in [2.24, 2.45) is 4.99 Å². The summed E-state index contributed by atoms with van der Waals surface area (Å²) in [5, 5.41) is 1.24. The Kier molecular flexibility index (Phi) is 3.34. The van der Waals surface area contributed by atoms with E-state index in [2.05, 4.69) is 27.7 Å². The minimum absolute atomic E-state index is 0. The number of halogens is 1. The number of nitrogens with zero attached hydrogens (tertiary/aromatic N) is 3. The molecule has 4 nitrogen and oxygen atoms in total. The number of rotatable bonds is 1. The van der Waals surface area contributed by atoms with Crippen LogP contribution in [-0.4, -0.2) is 42.0 Å². The molecule has 1 aromatic carbocycles. The van der Waals surface area contributed by atoms with Crippen molar-refractivity contribution in [3.63, 3.8) is 0 Å². The third kappa shape index (κ3) is 1.86. The Morgan fingerprint density at radius 3 is 2.90 bits per heavy atom. The number of hydrogen-bond acceptors (Lipinski definition) is 3. The molecule has 0 fully saturated rings. The number of amidine groups is 1. The van der Waals surface area contributed by atoms with Gasteiger partial charge < -0.3 is 14.2 Å². The monoisotopic (exact) mass is 291 g/mol. The molecule has 2 aliphatic heterocycles. The van der Waals surface area contributed by atoms with Crippen LogP contribution in [0.2, 0.25) is 0 Å². The van der Waals surface area contributed by atoms with Gasteiger partial charge in [0.05, 0.1) is 12.8 Å². The maximum Gasteiger partial charge on any atom is 0.148 e. The smallest absolute Gasteiger partial charge is 0.148 e. The zero-order valence-corrected chi connectivity index (χ0v) is 12.3. The number of ether oxygens (including phenoxy) is 1. The van der Waals surface area contributed by atoms with Crippen LogP contribution in [0.3, 0.4) is 0 Å². The van der Waals surface area contributed by atoms with Crippen molar-refractivity contribution in [2.45, 2.75) is 13.0 Å². The molecule has 2 aliphatic rings. The second-order valence-electron chi connectivity index (χ2n) is 5.15. The van der Waals surface area contributed by atoms with Crippen LogP contribution in [0.1, 0.15) is 12.1 Å². The van der Waals surface area contributed by atoms with E-state index in [1.165, 1.54) is 28.9 Å². The fourth-order valence-corrected chi connectivity index (χ4v) is 3.14. The van der Waals surface area contributed by atoms with Crippen molar-refractivity contribution in [1.29, 1.82) is 0 Å². The molecule has 0 saturated carbocycles. The molecule has 106 valence electrons. The lowest BCUT2D eigenvalue weighted by Gasteiger charge is -2.34. The third-order valence-corrected chi connectivity index (χ3v) is 4.08. The highest BCUT2D eigenvalue weighted by molar-refractivity contribution is 6.03. The molecule has 0 bridgehead atoms. The molecule has 0 aliphatic carbocycles. The molecule has 0 N–H and O–H groups in total. The number of hydrogen-bond donors (Lipinski definition) is 0. The second kappa shape index (κ2) is 5.02. The summed E-state index contributed by atoms with van der Waals surface area (Å²) in [6.45, 7) is 4.21. The summed E-state index contributed by atoms with van der Waals surface area (Å²) in [7, 11) is 1.71. The molecular formula is C15H18ClN3O. The van der Waals surface area contributed by atoms with E-state index in [0.717, 1.165) is 31.9 Å². The first-order valence-corrected chi connectivity index (χ1v) is 6.84. The molecule has 0 unspecified atom stereocenters. The molecule has 0 amide bonds. The molecule has 0 spiro atoms. The zero-order valence-electron chi connectivity index (χ0n) is 11.5. The fourth-order valence-electron chi connectivity index (χ4n) is 3.14. The average Bonchev–Trinajstić information content (AvgIpc) is 2.85. The van der Waals surface area contributed by atoms with Crippen molar-refractivity contribution in [1.82, 2.24) is 9.47 Å².